The van der Waals surface area contributed by atoms with Crippen molar-refractivity contribution >= 4 is 17.6 Å². The number of rotatable bonds is 5. The molecule has 0 aromatic heterocycles. The second kappa shape index (κ2) is 7.08. The van der Waals surface area contributed by atoms with E-state index in [0.29, 0.717) is 19.0 Å². The molecular formula is C15H22N4O2. The molecule has 0 radical (unpaired) electrons. The monoisotopic (exact) mass is 290 g/mol. The van der Waals surface area contributed by atoms with E-state index < -0.39 is 6.03 Å². The minimum atomic E-state index is -0.450. The van der Waals surface area contributed by atoms with Gasteiger partial charge in [-0.05, 0) is 31.5 Å². The molecule has 0 saturated heterocycles. The molecular weight excluding hydrogens is 268 g/mol. The first-order chi connectivity index (χ1) is 10.2. The van der Waals surface area contributed by atoms with Crippen molar-refractivity contribution in [3.05, 3.63) is 29.8 Å². The van der Waals surface area contributed by atoms with Gasteiger partial charge in [0.2, 0.25) is 5.91 Å². The molecule has 1 aliphatic rings. The summed E-state index contributed by atoms with van der Waals surface area (Å²) in [6.45, 7) is 3.86. The first kappa shape index (κ1) is 15.3. The van der Waals surface area contributed by atoms with Gasteiger partial charge in [0.15, 0.2) is 0 Å². The van der Waals surface area contributed by atoms with Crippen molar-refractivity contribution < 1.29 is 9.59 Å². The Balaban J connectivity index is 2.01. The number of nitrogens with one attached hydrogen (secondary N) is 2. The van der Waals surface area contributed by atoms with Gasteiger partial charge in [-0.3, -0.25) is 10.1 Å². The maximum atomic E-state index is 11.9. The number of anilines is 1. The van der Waals surface area contributed by atoms with Crippen LogP contribution in [0.25, 0.3) is 0 Å². The summed E-state index contributed by atoms with van der Waals surface area (Å²) in [5.74, 6) is 0.0487. The second-order valence-corrected chi connectivity index (χ2v) is 5.12. The predicted molar refractivity (Wildman–Crippen MR) is 82.3 cm³/mol. The fourth-order valence-electron chi connectivity index (χ4n) is 2.73. The molecule has 1 unspecified atom stereocenters. The average Bonchev–Trinajstić information content (AvgIpc) is 2.78. The Bertz CT molecular complexity index is 518. The van der Waals surface area contributed by atoms with Gasteiger partial charge in [-0.2, -0.15) is 0 Å². The largest absolute Gasteiger partial charge is 0.361 e. The van der Waals surface area contributed by atoms with E-state index in [2.05, 4.69) is 16.7 Å². The number of hydrogen-bond acceptors (Lipinski definition) is 4. The van der Waals surface area contributed by atoms with Crippen molar-refractivity contribution in [3.8, 4) is 0 Å². The Morgan fingerprint density at radius 3 is 2.86 bits per heavy atom. The SMILES string of the molecule is CCNC(=O)NC(=O)CN1CC(CCN)c2ccccc21. The van der Waals surface area contributed by atoms with Gasteiger partial charge in [0.25, 0.3) is 0 Å². The quantitative estimate of drug-likeness (QED) is 0.748. The second-order valence-electron chi connectivity index (χ2n) is 5.12. The summed E-state index contributed by atoms with van der Waals surface area (Å²) in [6, 6.07) is 7.59. The van der Waals surface area contributed by atoms with Gasteiger partial charge in [-0.1, -0.05) is 18.2 Å². The van der Waals surface area contributed by atoms with E-state index in [4.69, 9.17) is 5.73 Å². The molecule has 0 spiro atoms. The third-order valence-electron chi connectivity index (χ3n) is 3.60. The molecule has 2 rings (SSSR count). The Kier molecular flexibility index (Phi) is 5.16. The Morgan fingerprint density at radius 1 is 1.38 bits per heavy atom. The van der Waals surface area contributed by atoms with Gasteiger partial charge in [0.05, 0.1) is 6.54 Å². The van der Waals surface area contributed by atoms with Gasteiger partial charge < -0.3 is 16.0 Å². The van der Waals surface area contributed by atoms with Crippen LogP contribution in [-0.4, -0.2) is 38.1 Å². The lowest BCUT2D eigenvalue weighted by atomic mass is 9.98. The minimum absolute atomic E-state index is 0.176. The van der Waals surface area contributed by atoms with Gasteiger partial charge in [0, 0.05) is 24.7 Å². The maximum absolute atomic E-state index is 11.9. The number of nitrogens with zero attached hydrogens (tertiary/aromatic N) is 1. The molecule has 0 fully saturated rings. The van der Waals surface area contributed by atoms with Crippen LogP contribution in [0.5, 0.6) is 0 Å². The molecule has 1 aliphatic heterocycles. The summed E-state index contributed by atoms with van der Waals surface area (Å²) >= 11 is 0. The highest BCUT2D eigenvalue weighted by atomic mass is 16.2. The fraction of sp³-hybridized carbons (Fsp3) is 0.467. The summed E-state index contributed by atoms with van der Waals surface area (Å²) in [4.78, 5) is 25.3. The third kappa shape index (κ3) is 3.72. The van der Waals surface area contributed by atoms with Crippen LogP contribution in [0, 0.1) is 0 Å². The number of carbonyl (C=O) groups excluding carboxylic acids is 2. The van der Waals surface area contributed by atoms with Crippen LogP contribution in [0.3, 0.4) is 0 Å². The van der Waals surface area contributed by atoms with E-state index in [1.54, 1.807) is 6.92 Å². The van der Waals surface area contributed by atoms with E-state index in [1.807, 2.05) is 23.1 Å². The molecule has 1 atom stereocenters. The summed E-state index contributed by atoms with van der Waals surface area (Å²) < 4.78 is 0. The summed E-state index contributed by atoms with van der Waals surface area (Å²) in [6.07, 6.45) is 0.894. The smallest absolute Gasteiger partial charge is 0.321 e. The first-order valence-corrected chi connectivity index (χ1v) is 7.27. The Hall–Kier alpha value is -2.08. The fourth-order valence-corrected chi connectivity index (χ4v) is 2.73. The van der Waals surface area contributed by atoms with Gasteiger partial charge in [-0.15, -0.1) is 0 Å². The van der Waals surface area contributed by atoms with Crippen molar-refractivity contribution in [1.29, 1.82) is 0 Å². The maximum Gasteiger partial charge on any atom is 0.321 e. The van der Waals surface area contributed by atoms with Crippen LogP contribution in [0.1, 0.15) is 24.8 Å². The van der Waals surface area contributed by atoms with Crippen LogP contribution in [0.2, 0.25) is 0 Å². The lowest BCUT2D eigenvalue weighted by molar-refractivity contribution is -0.118. The number of fused-ring (bicyclic) bond motifs is 1. The Morgan fingerprint density at radius 2 is 2.14 bits per heavy atom. The van der Waals surface area contributed by atoms with Crippen molar-refractivity contribution in [1.82, 2.24) is 10.6 Å². The zero-order chi connectivity index (χ0) is 15.2. The van der Waals surface area contributed by atoms with Crippen LogP contribution in [-0.2, 0) is 4.79 Å². The normalized spacial score (nSPS) is 16.5. The molecule has 0 bridgehead atoms. The minimum Gasteiger partial charge on any atom is -0.361 e. The van der Waals surface area contributed by atoms with E-state index in [0.717, 1.165) is 18.7 Å². The van der Waals surface area contributed by atoms with Crippen LogP contribution in [0.15, 0.2) is 24.3 Å². The molecule has 21 heavy (non-hydrogen) atoms. The standard InChI is InChI=1S/C15H22N4O2/c1-2-17-15(21)18-14(20)10-19-9-11(7-8-16)12-5-3-4-6-13(12)19/h3-6,11H,2,7-10,16H2,1H3,(H2,17,18,20,21). The predicted octanol–water partition coefficient (Wildman–Crippen LogP) is 0.785. The number of nitrogens with two attached hydrogens (primary N) is 1. The van der Waals surface area contributed by atoms with E-state index in [-0.39, 0.29) is 12.5 Å². The van der Waals surface area contributed by atoms with Gasteiger partial charge in [-0.25, -0.2) is 4.79 Å². The molecule has 114 valence electrons. The molecule has 1 aromatic rings. The number of imide groups is 1. The highest BCUT2D eigenvalue weighted by molar-refractivity contribution is 5.96. The van der Waals surface area contributed by atoms with Crippen molar-refractivity contribution in [2.45, 2.75) is 19.3 Å². The molecule has 6 nitrogen and oxygen atoms in total. The van der Waals surface area contributed by atoms with Crippen molar-refractivity contribution in [3.63, 3.8) is 0 Å². The molecule has 1 aromatic carbocycles. The zero-order valence-corrected chi connectivity index (χ0v) is 12.3. The summed E-state index contributed by atoms with van der Waals surface area (Å²) in [5, 5.41) is 4.87. The average molecular weight is 290 g/mol. The number of urea groups is 1. The number of para-hydroxylation sites is 1. The first-order valence-electron chi connectivity index (χ1n) is 7.27. The van der Waals surface area contributed by atoms with Crippen LogP contribution >= 0.6 is 0 Å². The Labute approximate surface area is 124 Å². The number of hydrogen-bond donors (Lipinski definition) is 3. The van der Waals surface area contributed by atoms with Crippen molar-refractivity contribution in [2.24, 2.45) is 5.73 Å². The molecule has 1 heterocycles. The highest BCUT2D eigenvalue weighted by Gasteiger charge is 2.28. The van der Waals surface area contributed by atoms with Gasteiger partial charge >= 0.3 is 6.03 Å². The van der Waals surface area contributed by atoms with Gasteiger partial charge in [0.1, 0.15) is 0 Å². The molecule has 6 heteroatoms. The van der Waals surface area contributed by atoms with E-state index in [1.165, 1.54) is 5.56 Å². The molecule has 4 N–H and O–H groups in total. The zero-order valence-electron chi connectivity index (χ0n) is 12.3. The number of benzene rings is 1. The summed E-state index contributed by atoms with van der Waals surface area (Å²) in [5.41, 5.74) is 7.95. The lowest BCUT2D eigenvalue weighted by Crippen LogP contribution is -2.44. The number of amides is 3. The number of carbonyl (C=O) groups is 2. The van der Waals surface area contributed by atoms with E-state index >= 15 is 0 Å². The lowest BCUT2D eigenvalue weighted by Gasteiger charge is -2.19. The third-order valence-corrected chi connectivity index (χ3v) is 3.60. The molecule has 0 saturated carbocycles. The van der Waals surface area contributed by atoms with Crippen molar-refractivity contribution in [2.75, 3.05) is 31.1 Å². The van der Waals surface area contributed by atoms with Crippen LogP contribution in [0.4, 0.5) is 10.5 Å². The molecule has 0 aliphatic carbocycles. The van der Waals surface area contributed by atoms with E-state index in [9.17, 15) is 9.59 Å². The highest BCUT2D eigenvalue weighted by Crippen LogP contribution is 2.37. The summed E-state index contributed by atoms with van der Waals surface area (Å²) in [7, 11) is 0. The topological polar surface area (TPSA) is 87.5 Å². The van der Waals surface area contributed by atoms with Crippen LogP contribution < -0.4 is 21.3 Å². The molecule has 3 amide bonds.